The molecule has 7 heteroatoms. The number of rotatable bonds is 8. The van der Waals surface area contributed by atoms with Crippen LogP contribution in [0, 0.1) is 17.0 Å². The third-order valence-corrected chi connectivity index (χ3v) is 3.61. The highest BCUT2D eigenvalue weighted by atomic mass is 16.6. The van der Waals surface area contributed by atoms with Crippen molar-refractivity contribution in [3.05, 3.63) is 70.3 Å². The van der Waals surface area contributed by atoms with Crippen LogP contribution in [0.4, 0.5) is 11.4 Å². The Morgan fingerprint density at radius 3 is 2.69 bits per heavy atom. The van der Waals surface area contributed by atoms with Crippen LogP contribution < -0.4 is 14.8 Å². The second-order valence-corrected chi connectivity index (χ2v) is 5.36. The Hall–Kier alpha value is -3.35. The second kappa shape index (κ2) is 8.66. The van der Waals surface area contributed by atoms with Crippen molar-refractivity contribution in [1.82, 2.24) is 0 Å². The molecule has 0 saturated heterocycles. The molecule has 0 spiro atoms. The molecule has 7 nitrogen and oxygen atoms in total. The van der Waals surface area contributed by atoms with E-state index in [-0.39, 0.29) is 5.69 Å². The van der Waals surface area contributed by atoms with Crippen molar-refractivity contribution >= 4 is 17.3 Å². The highest BCUT2D eigenvalue weighted by Gasteiger charge is 2.17. The van der Waals surface area contributed by atoms with Crippen LogP contribution in [0.1, 0.15) is 22.8 Å². The summed E-state index contributed by atoms with van der Waals surface area (Å²) in [6.07, 6.45) is 1.61. The molecule has 0 atom stereocenters. The highest BCUT2D eigenvalue weighted by Crippen LogP contribution is 2.30. The molecule has 0 aliphatic heterocycles. The number of nitrogens with zero attached hydrogens (tertiary/aromatic N) is 1. The number of hydrogen-bond donors (Lipinski definition) is 1. The van der Waals surface area contributed by atoms with Crippen molar-refractivity contribution < 1.29 is 19.2 Å². The molecule has 2 rings (SSSR count). The molecule has 0 aromatic heterocycles. The Balaban J connectivity index is 2.27. The van der Waals surface area contributed by atoms with Crippen LogP contribution in [0.5, 0.6) is 11.5 Å². The lowest BCUT2D eigenvalue weighted by Crippen LogP contribution is -2.13. The number of anilines is 1. The van der Waals surface area contributed by atoms with Gasteiger partial charge in [-0.25, -0.2) is 0 Å². The first-order valence-electron chi connectivity index (χ1n) is 8.03. The number of benzene rings is 2. The minimum atomic E-state index is -0.482. The number of nitrogens with one attached hydrogen (secondary N) is 1. The minimum Gasteiger partial charge on any atom is -0.490 e. The molecule has 0 saturated carbocycles. The van der Waals surface area contributed by atoms with Crippen molar-refractivity contribution in [3.63, 3.8) is 0 Å². The van der Waals surface area contributed by atoms with E-state index in [9.17, 15) is 14.9 Å². The third-order valence-electron chi connectivity index (χ3n) is 3.61. The van der Waals surface area contributed by atoms with E-state index in [4.69, 9.17) is 9.47 Å². The van der Waals surface area contributed by atoms with Gasteiger partial charge in [0.1, 0.15) is 6.61 Å². The summed E-state index contributed by atoms with van der Waals surface area (Å²) in [4.78, 5) is 23.1. The quantitative estimate of drug-likeness (QED) is 0.436. The topological polar surface area (TPSA) is 90.7 Å². The third kappa shape index (κ3) is 4.38. The summed E-state index contributed by atoms with van der Waals surface area (Å²) in [7, 11) is 0. The van der Waals surface area contributed by atoms with Gasteiger partial charge in [0.25, 0.3) is 11.6 Å². The maximum Gasteiger partial charge on any atom is 0.274 e. The molecule has 136 valence electrons. The fourth-order valence-corrected chi connectivity index (χ4v) is 2.34. The Bertz CT molecular complexity index is 833. The first-order chi connectivity index (χ1) is 12.5. The number of ether oxygens (including phenoxy) is 2. The van der Waals surface area contributed by atoms with E-state index < -0.39 is 10.8 Å². The van der Waals surface area contributed by atoms with Gasteiger partial charge in [0.05, 0.1) is 22.8 Å². The van der Waals surface area contributed by atoms with Crippen LogP contribution in [0.25, 0.3) is 0 Å². The molecule has 1 amide bonds. The predicted octanol–water partition coefficient (Wildman–Crippen LogP) is 4.12. The summed E-state index contributed by atoms with van der Waals surface area (Å²) < 4.78 is 11.0. The SMILES string of the molecule is C=CCOc1ccc(C(=O)Nc2cccc([N+](=O)[O-])c2C)cc1OCC. The number of nitro benzene ring substituents is 1. The van der Waals surface area contributed by atoms with Gasteiger partial charge in [0.2, 0.25) is 0 Å². The lowest BCUT2D eigenvalue weighted by atomic mass is 10.1. The molecule has 0 aliphatic carbocycles. The lowest BCUT2D eigenvalue weighted by molar-refractivity contribution is -0.385. The fourth-order valence-electron chi connectivity index (χ4n) is 2.34. The average molecular weight is 356 g/mol. The number of carbonyl (C=O) groups excluding carboxylic acids is 1. The van der Waals surface area contributed by atoms with Gasteiger partial charge in [-0.1, -0.05) is 18.7 Å². The van der Waals surface area contributed by atoms with E-state index in [0.717, 1.165) is 0 Å². The maximum absolute atomic E-state index is 12.5. The van der Waals surface area contributed by atoms with Crippen molar-refractivity contribution in [3.8, 4) is 11.5 Å². The first kappa shape index (κ1) is 19.0. The molecule has 0 bridgehead atoms. The van der Waals surface area contributed by atoms with Crippen LogP contribution in [0.15, 0.2) is 49.1 Å². The van der Waals surface area contributed by atoms with Crippen LogP contribution in [0.2, 0.25) is 0 Å². The normalized spacial score (nSPS) is 10.1. The number of carbonyl (C=O) groups is 1. The Kier molecular flexibility index (Phi) is 6.32. The summed E-state index contributed by atoms with van der Waals surface area (Å²) in [6.45, 7) is 7.75. The van der Waals surface area contributed by atoms with E-state index in [1.807, 2.05) is 6.92 Å². The van der Waals surface area contributed by atoms with Gasteiger partial charge >= 0.3 is 0 Å². The first-order valence-corrected chi connectivity index (χ1v) is 8.03. The number of nitro groups is 1. The smallest absolute Gasteiger partial charge is 0.274 e. The standard InChI is InChI=1S/C19H20N2O5/c1-4-11-26-17-10-9-14(12-18(17)25-5-2)19(22)20-15-7-6-8-16(13(15)3)21(23)24/h4,6-10,12H,1,5,11H2,2-3H3,(H,20,22). The van der Waals surface area contributed by atoms with Gasteiger partial charge in [-0.3, -0.25) is 14.9 Å². The summed E-state index contributed by atoms with van der Waals surface area (Å²) in [5, 5.41) is 13.7. The van der Waals surface area contributed by atoms with E-state index in [1.54, 1.807) is 37.3 Å². The molecule has 26 heavy (non-hydrogen) atoms. The van der Waals surface area contributed by atoms with Gasteiger partial charge in [0, 0.05) is 11.6 Å². The van der Waals surface area contributed by atoms with Gasteiger partial charge in [-0.2, -0.15) is 0 Å². The Labute approximate surface area is 151 Å². The molecule has 2 aromatic carbocycles. The van der Waals surface area contributed by atoms with Crippen molar-refractivity contribution in [2.45, 2.75) is 13.8 Å². The summed E-state index contributed by atoms with van der Waals surface area (Å²) >= 11 is 0. The molecule has 1 N–H and O–H groups in total. The van der Waals surface area contributed by atoms with E-state index in [1.165, 1.54) is 12.1 Å². The zero-order valence-corrected chi connectivity index (χ0v) is 14.7. The molecular formula is C19H20N2O5. The second-order valence-electron chi connectivity index (χ2n) is 5.36. The monoisotopic (exact) mass is 356 g/mol. The number of amides is 1. The molecule has 0 unspecified atom stereocenters. The Morgan fingerprint density at radius 2 is 2.04 bits per heavy atom. The molecule has 2 aromatic rings. The summed E-state index contributed by atoms with van der Waals surface area (Å²) in [5.74, 6) is 0.553. The van der Waals surface area contributed by atoms with Crippen LogP contribution >= 0.6 is 0 Å². The van der Waals surface area contributed by atoms with Crippen LogP contribution in [-0.2, 0) is 0 Å². The molecule has 0 fully saturated rings. The van der Waals surface area contributed by atoms with Crippen molar-refractivity contribution in [2.24, 2.45) is 0 Å². The van der Waals surface area contributed by atoms with Gasteiger partial charge in [-0.15, -0.1) is 0 Å². The molecular weight excluding hydrogens is 336 g/mol. The van der Waals surface area contributed by atoms with E-state index in [2.05, 4.69) is 11.9 Å². The Morgan fingerprint density at radius 1 is 1.27 bits per heavy atom. The van der Waals surface area contributed by atoms with E-state index >= 15 is 0 Å². The maximum atomic E-state index is 12.5. The van der Waals surface area contributed by atoms with Gasteiger partial charge in [0.15, 0.2) is 11.5 Å². The minimum absolute atomic E-state index is 0.0500. The molecule has 0 aliphatic rings. The van der Waals surface area contributed by atoms with Crippen LogP contribution in [-0.4, -0.2) is 24.0 Å². The lowest BCUT2D eigenvalue weighted by Gasteiger charge is -2.13. The zero-order valence-electron chi connectivity index (χ0n) is 14.7. The average Bonchev–Trinajstić information content (AvgIpc) is 2.62. The van der Waals surface area contributed by atoms with Crippen molar-refractivity contribution in [1.29, 1.82) is 0 Å². The van der Waals surface area contributed by atoms with Gasteiger partial charge in [-0.05, 0) is 38.1 Å². The van der Waals surface area contributed by atoms with Gasteiger partial charge < -0.3 is 14.8 Å². The predicted molar refractivity (Wildman–Crippen MR) is 99.1 cm³/mol. The highest BCUT2D eigenvalue weighted by molar-refractivity contribution is 6.05. The zero-order chi connectivity index (χ0) is 19.1. The van der Waals surface area contributed by atoms with E-state index in [0.29, 0.717) is 41.5 Å². The van der Waals surface area contributed by atoms with Crippen molar-refractivity contribution in [2.75, 3.05) is 18.5 Å². The fraction of sp³-hybridized carbons (Fsp3) is 0.211. The largest absolute Gasteiger partial charge is 0.490 e. The summed E-state index contributed by atoms with van der Waals surface area (Å²) in [6, 6.07) is 9.35. The summed E-state index contributed by atoms with van der Waals surface area (Å²) in [5.41, 5.74) is 1.08. The molecule has 0 radical (unpaired) electrons. The van der Waals surface area contributed by atoms with Crippen LogP contribution in [0.3, 0.4) is 0 Å². The molecule has 0 heterocycles. The number of hydrogen-bond acceptors (Lipinski definition) is 5.